The SMILES string of the molecule is CCc1ccc(-c2ncc(F)c(N(C)CCCOc3ccc4[nH]c(CC(=O)O)cc4c3)n2)cc1. The van der Waals surface area contributed by atoms with E-state index in [2.05, 4.69) is 21.9 Å². The van der Waals surface area contributed by atoms with Gasteiger partial charge in [-0.3, -0.25) is 4.79 Å². The summed E-state index contributed by atoms with van der Waals surface area (Å²) in [5.41, 5.74) is 3.58. The van der Waals surface area contributed by atoms with Crippen LogP contribution in [0.3, 0.4) is 0 Å². The van der Waals surface area contributed by atoms with Gasteiger partial charge in [-0.05, 0) is 42.7 Å². The average Bonchev–Trinajstić information content (AvgIpc) is 3.23. The van der Waals surface area contributed by atoms with Crippen molar-refractivity contribution < 1.29 is 19.0 Å². The minimum Gasteiger partial charge on any atom is -0.494 e. The van der Waals surface area contributed by atoms with E-state index in [1.165, 1.54) is 11.8 Å². The van der Waals surface area contributed by atoms with Crippen molar-refractivity contribution in [1.29, 1.82) is 0 Å². The van der Waals surface area contributed by atoms with Gasteiger partial charge in [0.25, 0.3) is 0 Å². The largest absolute Gasteiger partial charge is 0.494 e. The molecule has 2 aromatic heterocycles. The van der Waals surface area contributed by atoms with Crippen molar-refractivity contribution in [2.75, 3.05) is 25.1 Å². The van der Waals surface area contributed by atoms with E-state index in [0.717, 1.165) is 22.9 Å². The van der Waals surface area contributed by atoms with Gasteiger partial charge in [0.1, 0.15) is 5.75 Å². The zero-order valence-electron chi connectivity index (χ0n) is 19.2. The average molecular weight is 463 g/mol. The second-order valence-electron chi connectivity index (χ2n) is 8.15. The smallest absolute Gasteiger partial charge is 0.309 e. The second-order valence-corrected chi connectivity index (χ2v) is 8.15. The standard InChI is InChI=1S/C26H27FN4O3/c1-3-17-5-7-18(8-6-17)25-28-16-22(27)26(30-25)31(2)11-4-12-34-21-9-10-23-19(14-21)13-20(29-23)15-24(32)33/h5-10,13-14,16,29H,3-4,11-12,15H2,1-2H3,(H,32,33). The van der Waals surface area contributed by atoms with Crippen LogP contribution in [-0.4, -0.2) is 46.2 Å². The summed E-state index contributed by atoms with van der Waals surface area (Å²) >= 11 is 0. The van der Waals surface area contributed by atoms with Crippen LogP contribution >= 0.6 is 0 Å². The number of nitrogens with zero attached hydrogens (tertiary/aromatic N) is 3. The van der Waals surface area contributed by atoms with Gasteiger partial charge < -0.3 is 19.7 Å². The molecule has 4 aromatic rings. The zero-order chi connectivity index (χ0) is 24.1. The molecule has 0 fully saturated rings. The fourth-order valence-corrected chi connectivity index (χ4v) is 3.77. The van der Waals surface area contributed by atoms with Crippen LogP contribution in [-0.2, 0) is 17.6 Å². The van der Waals surface area contributed by atoms with Gasteiger partial charge in [0.2, 0.25) is 0 Å². The normalized spacial score (nSPS) is 11.0. The topological polar surface area (TPSA) is 91.3 Å². The first-order chi connectivity index (χ1) is 16.4. The van der Waals surface area contributed by atoms with E-state index < -0.39 is 11.8 Å². The number of rotatable bonds is 10. The van der Waals surface area contributed by atoms with Crippen LogP contribution in [0.5, 0.6) is 5.75 Å². The second kappa shape index (κ2) is 10.3. The molecular formula is C26H27FN4O3. The maximum absolute atomic E-state index is 14.4. The lowest BCUT2D eigenvalue weighted by Crippen LogP contribution is -2.23. The maximum atomic E-state index is 14.4. The molecule has 0 aliphatic rings. The van der Waals surface area contributed by atoms with E-state index >= 15 is 0 Å². The predicted molar refractivity (Wildman–Crippen MR) is 130 cm³/mol. The highest BCUT2D eigenvalue weighted by molar-refractivity contribution is 5.83. The number of fused-ring (bicyclic) bond motifs is 1. The minimum absolute atomic E-state index is 0.0530. The molecule has 0 radical (unpaired) electrons. The molecule has 2 N–H and O–H groups in total. The molecule has 4 rings (SSSR count). The van der Waals surface area contributed by atoms with Crippen LogP contribution in [0.2, 0.25) is 0 Å². The Bertz CT molecular complexity index is 1290. The van der Waals surface area contributed by atoms with Crippen LogP contribution in [0.1, 0.15) is 24.6 Å². The van der Waals surface area contributed by atoms with Crippen molar-refractivity contribution in [3.63, 3.8) is 0 Å². The number of hydrogen-bond acceptors (Lipinski definition) is 5. The van der Waals surface area contributed by atoms with Gasteiger partial charge in [-0.1, -0.05) is 31.2 Å². The van der Waals surface area contributed by atoms with Gasteiger partial charge in [-0.2, -0.15) is 0 Å². The quantitative estimate of drug-likeness (QED) is 0.327. The molecule has 0 unspecified atom stereocenters. The Balaban J connectivity index is 1.34. The van der Waals surface area contributed by atoms with Gasteiger partial charge in [0, 0.05) is 35.8 Å². The van der Waals surface area contributed by atoms with Gasteiger partial charge in [0.05, 0.1) is 19.2 Å². The number of H-pyrrole nitrogens is 1. The third-order valence-corrected chi connectivity index (χ3v) is 5.60. The number of carboxylic acid groups (broad SMARTS) is 1. The summed E-state index contributed by atoms with van der Waals surface area (Å²) in [5, 5.41) is 9.84. The van der Waals surface area contributed by atoms with Crippen LogP contribution in [0.15, 0.2) is 54.7 Å². The molecule has 0 saturated carbocycles. The number of benzene rings is 2. The summed E-state index contributed by atoms with van der Waals surface area (Å²) in [6.45, 7) is 3.09. The van der Waals surface area contributed by atoms with Crippen molar-refractivity contribution in [2.24, 2.45) is 0 Å². The Morgan fingerprint density at radius 1 is 1.18 bits per heavy atom. The van der Waals surface area contributed by atoms with Crippen molar-refractivity contribution in [3.8, 4) is 17.1 Å². The van der Waals surface area contributed by atoms with Gasteiger partial charge in [-0.25, -0.2) is 14.4 Å². The molecule has 0 aliphatic heterocycles. The molecule has 0 atom stereocenters. The molecule has 0 aliphatic carbocycles. The number of anilines is 1. The van der Waals surface area contributed by atoms with Gasteiger partial charge in [0.15, 0.2) is 17.5 Å². The highest BCUT2D eigenvalue weighted by Crippen LogP contribution is 2.23. The number of aliphatic carboxylic acids is 1. The molecule has 176 valence electrons. The third kappa shape index (κ3) is 5.51. The molecule has 2 heterocycles. The number of carbonyl (C=O) groups is 1. The molecule has 34 heavy (non-hydrogen) atoms. The summed E-state index contributed by atoms with van der Waals surface area (Å²) in [4.78, 5) is 24.4. The first-order valence-corrected chi connectivity index (χ1v) is 11.2. The predicted octanol–water partition coefficient (Wildman–Crippen LogP) is 4.86. The summed E-state index contributed by atoms with van der Waals surface area (Å²) in [7, 11) is 1.80. The number of halogens is 1. The number of aromatic nitrogens is 3. The van der Waals surface area contributed by atoms with Crippen LogP contribution < -0.4 is 9.64 Å². The van der Waals surface area contributed by atoms with Crippen LogP contribution in [0.4, 0.5) is 10.2 Å². The Morgan fingerprint density at radius 2 is 1.97 bits per heavy atom. The fraction of sp³-hybridized carbons (Fsp3) is 0.269. The molecular weight excluding hydrogens is 435 g/mol. The van der Waals surface area contributed by atoms with Crippen molar-refractivity contribution in [3.05, 3.63) is 71.8 Å². The summed E-state index contributed by atoms with van der Waals surface area (Å²) in [6, 6.07) is 15.4. The fourth-order valence-electron chi connectivity index (χ4n) is 3.77. The lowest BCUT2D eigenvalue weighted by Gasteiger charge is -2.19. The van der Waals surface area contributed by atoms with E-state index in [1.807, 2.05) is 48.5 Å². The highest BCUT2D eigenvalue weighted by atomic mass is 19.1. The van der Waals surface area contributed by atoms with Crippen LogP contribution in [0.25, 0.3) is 22.3 Å². The molecule has 0 spiro atoms. The zero-order valence-corrected chi connectivity index (χ0v) is 19.2. The number of nitrogens with one attached hydrogen (secondary N) is 1. The van der Waals surface area contributed by atoms with Gasteiger partial charge >= 0.3 is 5.97 Å². The molecule has 0 saturated heterocycles. The minimum atomic E-state index is -0.881. The first-order valence-electron chi connectivity index (χ1n) is 11.2. The van der Waals surface area contributed by atoms with E-state index in [4.69, 9.17) is 9.84 Å². The summed E-state index contributed by atoms with van der Waals surface area (Å²) in [5.74, 6) is 0.0942. The summed E-state index contributed by atoms with van der Waals surface area (Å²) in [6.07, 6.45) is 2.77. The molecule has 8 heteroatoms. The highest BCUT2D eigenvalue weighted by Gasteiger charge is 2.13. The number of hydrogen-bond donors (Lipinski definition) is 2. The number of ether oxygens (including phenoxy) is 1. The lowest BCUT2D eigenvalue weighted by atomic mass is 10.1. The molecule has 0 amide bonds. The van der Waals surface area contributed by atoms with Crippen molar-refractivity contribution >= 4 is 22.7 Å². The monoisotopic (exact) mass is 462 g/mol. The van der Waals surface area contributed by atoms with E-state index in [9.17, 15) is 9.18 Å². The Kier molecular flexibility index (Phi) is 7.06. The molecule has 0 bridgehead atoms. The van der Waals surface area contributed by atoms with E-state index in [-0.39, 0.29) is 12.2 Å². The first kappa shape index (κ1) is 23.2. The maximum Gasteiger partial charge on any atom is 0.309 e. The number of carboxylic acids is 1. The third-order valence-electron chi connectivity index (χ3n) is 5.60. The number of aryl methyl sites for hydroxylation is 1. The lowest BCUT2D eigenvalue weighted by molar-refractivity contribution is -0.136. The van der Waals surface area contributed by atoms with Gasteiger partial charge in [-0.15, -0.1) is 0 Å². The molecule has 7 nitrogen and oxygen atoms in total. The summed E-state index contributed by atoms with van der Waals surface area (Å²) < 4.78 is 20.3. The van der Waals surface area contributed by atoms with Crippen molar-refractivity contribution in [2.45, 2.75) is 26.2 Å². The number of aromatic amines is 1. The Morgan fingerprint density at radius 3 is 2.71 bits per heavy atom. The van der Waals surface area contributed by atoms with E-state index in [1.54, 1.807) is 11.9 Å². The van der Waals surface area contributed by atoms with Crippen LogP contribution in [0, 0.1) is 5.82 Å². The van der Waals surface area contributed by atoms with Crippen molar-refractivity contribution in [1.82, 2.24) is 15.0 Å². The Labute approximate surface area is 197 Å². The Hall–Kier alpha value is -3.94. The molecule has 2 aromatic carbocycles. The van der Waals surface area contributed by atoms with E-state index in [0.29, 0.717) is 36.8 Å².